The first-order valence-electron chi connectivity index (χ1n) is 7.69. The lowest BCUT2D eigenvalue weighted by molar-refractivity contribution is -0.156. The smallest absolute Gasteiger partial charge is 0.314 e. The van der Waals surface area contributed by atoms with Gasteiger partial charge in [-0.15, -0.1) is 0 Å². The first kappa shape index (κ1) is 17.5. The van der Waals surface area contributed by atoms with E-state index in [-0.39, 0.29) is 17.5 Å². The Morgan fingerprint density at radius 1 is 1.52 bits per heavy atom. The molecule has 2 N–H and O–H groups in total. The molecule has 1 aromatic heterocycles. The van der Waals surface area contributed by atoms with Gasteiger partial charge in [0, 0.05) is 19.3 Å². The highest BCUT2D eigenvalue weighted by atomic mass is 35.5. The third-order valence-corrected chi connectivity index (χ3v) is 4.77. The second-order valence-electron chi connectivity index (χ2n) is 6.10. The average Bonchev–Trinajstić information content (AvgIpc) is 2.93. The van der Waals surface area contributed by atoms with Crippen LogP contribution in [0.2, 0.25) is 5.02 Å². The third-order valence-electron chi connectivity index (χ3n) is 4.49. The van der Waals surface area contributed by atoms with Crippen LogP contribution in [0.1, 0.15) is 37.6 Å². The van der Waals surface area contributed by atoms with Gasteiger partial charge in [-0.1, -0.05) is 25.4 Å². The number of halogens is 1. The summed E-state index contributed by atoms with van der Waals surface area (Å²) in [5.41, 5.74) is 4.93. The Kier molecular flexibility index (Phi) is 5.14. The lowest BCUT2D eigenvalue weighted by Gasteiger charge is -2.31. The maximum absolute atomic E-state index is 12.5. The fraction of sp³-hybridized carbons (Fsp3) is 0.562. The van der Waals surface area contributed by atoms with Crippen molar-refractivity contribution in [3.05, 3.63) is 22.8 Å². The van der Waals surface area contributed by atoms with Gasteiger partial charge < -0.3 is 15.4 Å². The molecule has 0 aliphatic carbocycles. The van der Waals surface area contributed by atoms with E-state index in [1.807, 2.05) is 18.7 Å². The number of ether oxygens (including phenoxy) is 1. The van der Waals surface area contributed by atoms with Crippen molar-refractivity contribution in [2.45, 2.75) is 27.2 Å². The second-order valence-corrected chi connectivity index (χ2v) is 6.50. The van der Waals surface area contributed by atoms with E-state index in [1.165, 1.54) is 12.3 Å². The minimum atomic E-state index is -0.574. The summed E-state index contributed by atoms with van der Waals surface area (Å²) in [6.07, 6.45) is 2.09. The van der Waals surface area contributed by atoms with E-state index in [4.69, 9.17) is 22.1 Å². The van der Waals surface area contributed by atoms with Crippen molar-refractivity contribution >= 4 is 29.3 Å². The molecule has 2 rings (SSSR count). The van der Waals surface area contributed by atoms with Gasteiger partial charge in [-0.05, 0) is 25.3 Å². The number of hydrogen-bond acceptors (Lipinski definition) is 5. The van der Waals surface area contributed by atoms with Crippen LogP contribution in [0.3, 0.4) is 0 Å². The number of primary amides is 1. The van der Waals surface area contributed by atoms with Gasteiger partial charge in [0.2, 0.25) is 5.91 Å². The lowest BCUT2D eigenvalue weighted by Crippen LogP contribution is -2.40. The monoisotopic (exact) mass is 339 g/mol. The molecule has 0 spiro atoms. The number of anilines is 1. The molecule has 1 atom stereocenters. The van der Waals surface area contributed by atoms with Crippen LogP contribution in [0.15, 0.2) is 12.3 Å². The molecule has 1 aromatic rings. The van der Waals surface area contributed by atoms with Gasteiger partial charge in [0.1, 0.15) is 5.82 Å². The molecule has 6 nitrogen and oxygen atoms in total. The first-order valence-corrected chi connectivity index (χ1v) is 8.07. The largest absolute Gasteiger partial charge is 0.466 e. The number of carbonyl (C=O) groups excluding carboxylic acids is 2. The van der Waals surface area contributed by atoms with Gasteiger partial charge in [0.15, 0.2) is 0 Å². The maximum Gasteiger partial charge on any atom is 0.314 e. The van der Waals surface area contributed by atoms with Crippen molar-refractivity contribution in [3.8, 4) is 0 Å². The lowest BCUT2D eigenvalue weighted by atomic mass is 9.76. The Labute approximate surface area is 140 Å². The zero-order chi connectivity index (χ0) is 17.2. The van der Waals surface area contributed by atoms with Gasteiger partial charge in [0.05, 0.1) is 22.6 Å². The van der Waals surface area contributed by atoms with Gasteiger partial charge in [-0.25, -0.2) is 4.98 Å². The van der Waals surface area contributed by atoms with Crippen LogP contribution < -0.4 is 10.6 Å². The van der Waals surface area contributed by atoms with E-state index in [0.717, 1.165) is 0 Å². The highest BCUT2D eigenvalue weighted by Crippen LogP contribution is 2.41. The quantitative estimate of drug-likeness (QED) is 0.831. The molecule has 1 unspecified atom stereocenters. The molecule has 126 valence electrons. The number of pyridine rings is 1. The fourth-order valence-corrected chi connectivity index (χ4v) is 3.25. The molecule has 23 heavy (non-hydrogen) atoms. The van der Waals surface area contributed by atoms with Crippen LogP contribution in [0.4, 0.5) is 5.82 Å². The van der Waals surface area contributed by atoms with Gasteiger partial charge in [-0.3, -0.25) is 9.59 Å². The number of esters is 1. The summed E-state index contributed by atoms with van der Waals surface area (Å²) in [6, 6.07) is 1.51. The molecule has 1 aliphatic rings. The Bertz CT molecular complexity index is 621. The van der Waals surface area contributed by atoms with Crippen molar-refractivity contribution in [3.63, 3.8) is 0 Å². The molecule has 0 bridgehead atoms. The zero-order valence-corrected chi connectivity index (χ0v) is 14.4. The average molecular weight is 340 g/mol. The Hall–Kier alpha value is -1.82. The van der Waals surface area contributed by atoms with Crippen molar-refractivity contribution in [1.82, 2.24) is 4.98 Å². The third kappa shape index (κ3) is 3.27. The van der Waals surface area contributed by atoms with Crippen molar-refractivity contribution in [2.75, 3.05) is 24.6 Å². The predicted octanol–water partition coefficient (Wildman–Crippen LogP) is 2.25. The molecule has 0 aromatic carbocycles. The normalized spacial score (nSPS) is 20.8. The molecule has 7 heteroatoms. The summed E-state index contributed by atoms with van der Waals surface area (Å²) >= 11 is 6.24. The minimum Gasteiger partial charge on any atom is -0.466 e. The summed E-state index contributed by atoms with van der Waals surface area (Å²) in [5.74, 6) is -0.0588. The van der Waals surface area contributed by atoms with Crippen LogP contribution in [0.25, 0.3) is 0 Å². The van der Waals surface area contributed by atoms with Crippen LogP contribution in [0, 0.1) is 11.3 Å². The van der Waals surface area contributed by atoms with Crippen LogP contribution in [-0.2, 0) is 9.53 Å². The number of rotatable bonds is 5. The first-order chi connectivity index (χ1) is 10.8. The Morgan fingerprint density at radius 2 is 2.22 bits per heavy atom. The van der Waals surface area contributed by atoms with Crippen molar-refractivity contribution in [1.29, 1.82) is 0 Å². The van der Waals surface area contributed by atoms with E-state index >= 15 is 0 Å². The topological polar surface area (TPSA) is 85.5 Å². The van der Waals surface area contributed by atoms with E-state index < -0.39 is 11.3 Å². The zero-order valence-electron chi connectivity index (χ0n) is 13.6. The van der Waals surface area contributed by atoms with Crippen molar-refractivity contribution < 1.29 is 14.3 Å². The van der Waals surface area contributed by atoms with Crippen molar-refractivity contribution in [2.24, 2.45) is 17.1 Å². The van der Waals surface area contributed by atoms with Crippen LogP contribution in [0.5, 0.6) is 0 Å². The highest BCUT2D eigenvalue weighted by Gasteiger charge is 2.48. The van der Waals surface area contributed by atoms with E-state index in [9.17, 15) is 9.59 Å². The predicted molar refractivity (Wildman–Crippen MR) is 88.5 cm³/mol. The summed E-state index contributed by atoms with van der Waals surface area (Å²) in [6.45, 7) is 7.35. The molecule has 0 radical (unpaired) electrons. The summed E-state index contributed by atoms with van der Waals surface area (Å²) in [7, 11) is 0. The SMILES string of the molecule is CCOC(=O)C1(C(C)C)CCN(c2ncc(C(N)=O)cc2Cl)C1. The number of carbonyl (C=O) groups is 2. The second kappa shape index (κ2) is 6.74. The minimum absolute atomic E-state index is 0.134. The van der Waals surface area contributed by atoms with Crippen LogP contribution >= 0.6 is 11.6 Å². The maximum atomic E-state index is 12.5. The van der Waals surface area contributed by atoms with E-state index in [0.29, 0.717) is 37.0 Å². The molecular weight excluding hydrogens is 318 g/mol. The number of nitrogens with two attached hydrogens (primary N) is 1. The molecule has 1 fully saturated rings. The van der Waals surface area contributed by atoms with Gasteiger partial charge in [0.25, 0.3) is 0 Å². The van der Waals surface area contributed by atoms with E-state index in [1.54, 1.807) is 6.92 Å². The van der Waals surface area contributed by atoms with Gasteiger partial charge >= 0.3 is 5.97 Å². The van der Waals surface area contributed by atoms with Crippen LogP contribution in [-0.4, -0.2) is 36.6 Å². The standard InChI is InChI=1S/C16H22ClN3O3/c1-4-23-15(22)16(10(2)3)5-6-20(9-16)14-12(17)7-11(8-19-14)13(18)21/h7-8,10H,4-6,9H2,1-3H3,(H2,18,21). The fourth-order valence-electron chi connectivity index (χ4n) is 2.96. The molecular formula is C16H22ClN3O3. The number of amides is 1. The summed E-state index contributed by atoms with van der Waals surface area (Å²) < 4.78 is 5.28. The number of nitrogens with zero attached hydrogens (tertiary/aromatic N) is 2. The summed E-state index contributed by atoms with van der Waals surface area (Å²) in [4.78, 5) is 29.9. The molecule has 1 aliphatic heterocycles. The Morgan fingerprint density at radius 3 is 2.74 bits per heavy atom. The molecule has 0 saturated carbocycles. The number of aromatic nitrogens is 1. The summed E-state index contributed by atoms with van der Waals surface area (Å²) in [5, 5.41) is 0.352. The molecule has 2 heterocycles. The highest BCUT2D eigenvalue weighted by molar-refractivity contribution is 6.33. The van der Waals surface area contributed by atoms with Gasteiger partial charge in [-0.2, -0.15) is 0 Å². The molecule has 1 amide bonds. The number of hydrogen-bond donors (Lipinski definition) is 1. The van der Waals surface area contributed by atoms with E-state index in [2.05, 4.69) is 4.98 Å². The molecule has 1 saturated heterocycles. The Balaban J connectivity index is 2.27.